The monoisotopic (exact) mass is 491 g/mol. The second-order valence-corrected chi connectivity index (χ2v) is 9.21. The van der Waals surface area contributed by atoms with Gasteiger partial charge in [-0.25, -0.2) is 0 Å². The molecule has 0 saturated heterocycles. The minimum atomic E-state index is -1.02. The first kappa shape index (κ1) is 24.4. The van der Waals surface area contributed by atoms with E-state index in [0.717, 1.165) is 22.4 Å². The van der Waals surface area contributed by atoms with Crippen molar-refractivity contribution in [1.82, 2.24) is 5.32 Å². The Morgan fingerprint density at radius 3 is 2.28 bits per heavy atom. The Morgan fingerprint density at radius 2 is 1.64 bits per heavy atom. The lowest BCUT2D eigenvalue weighted by atomic mass is 9.69. The summed E-state index contributed by atoms with van der Waals surface area (Å²) in [5.41, 5.74) is 0.782. The molecule has 7 nitrogen and oxygen atoms in total. The summed E-state index contributed by atoms with van der Waals surface area (Å²) in [6.07, 6.45) is -0.296. The van der Waals surface area contributed by atoms with Crippen LogP contribution in [-0.2, 0) is 15.9 Å². The molecule has 0 unspecified atom stereocenters. The van der Waals surface area contributed by atoms with E-state index in [9.17, 15) is 5.11 Å². The molecule has 0 spiro atoms. The molecule has 0 aromatic heterocycles. The fourth-order valence-corrected chi connectivity index (χ4v) is 6.15. The van der Waals surface area contributed by atoms with Gasteiger partial charge < -0.3 is 28.8 Å². The second kappa shape index (κ2) is 9.65. The summed E-state index contributed by atoms with van der Waals surface area (Å²) in [4.78, 5) is 0. The highest BCUT2D eigenvalue weighted by Crippen LogP contribution is 2.68. The molecule has 7 heteroatoms. The number of rotatable bonds is 9. The number of benzene rings is 3. The highest BCUT2D eigenvalue weighted by Gasteiger charge is 2.73. The molecule has 1 heterocycles. The lowest BCUT2D eigenvalue weighted by Crippen LogP contribution is -2.61. The molecule has 1 aliphatic carbocycles. The van der Waals surface area contributed by atoms with E-state index in [1.165, 1.54) is 0 Å². The van der Waals surface area contributed by atoms with Gasteiger partial charge in [0.1, 0.15) is 28.5 Å². The van der Waals surface area contributed by atoms with E-state index in [4.69, 9.17) is 23.7 Å². The van der Waals surface area contributed by atoms with Crippen LogP contribution in [0.3, 0.4) is 0 Å². The minimum absolute atomic E-state index is 0.166. The fraction of sp³-hybridized carbons (Fsp3) is 0.379. The van der Waals surface area contributed by atoms with E-state index >= 15 is 0 Å². The van der Waals surface area contributed by atoms with E-state index in [2.05, 4.69) is 17.4 Å². The smallest absolute Gasteiger partial charge is 0.166 e. The van der Waals surface area contributed by atoms with E-state index in [1.807, 2.05) is 54.6 Å². The van der Waals surface area contributed by atoms with Crippen molar-refractivity contribution in [3.05, 3.63) is 83.4 Å². The average molecular weight is 492 g/mol. The molecule has 36 heavy (non-hydrogen) atoms. The molecular weight excluding hydrogens is 458 g/mol. The summed E-state index contributed by atoms with van der Waals surface area (Å²) in [6, 6.07) is 21.9. The third-order valence-electron chi connectivity index (χ3n) is 7.63. The van der Waals surface area contributed by atoms with E-state index < -0.39 is 17.2 Å². The lowest BCUT2D eigenvalue weighted by Gasteiger charge is -2.45. The van der Waals surface area contributed by atoms with Crippen LogP contribution in [0.25, 0.3) is 0 Å². The van der Waals surface area contributed by atoms with Crippen molar-refractivity contribution in [2.75, 3.05) is 41.6 Å². The molecule has 1 fully saturated rings. The van der Waals surface area contributed by atoms with Crippen LogP contribution in [0.1, 0.15) is 29.0 Å². The predicted molar refractivity (Wildman–Crippen MR) is 136 cm³/mol. The number of ether oxygens (including phenoxy) is 5. The fourth-order valence-electron chi connectivity index (χ4n) is 6.15. The Morgan fingerprint density at radius 1 is 0.917 bits per heavy atom. The van der Waals surface area contributed by atoms with Crippen LogP contribution < -0.4 is 24.3 Å². The molecule has 2 N–H and O–H groups in total. The molecule has 3 aromatic carbocycles. The molecule has 1 saturated carbocycles. The van der Waals surface area contributed by atoms with Gasteiger partial charge in [0.25, 0.3) is 0 Å². The highest BCUT2D eigenvalue weighted by atomic mass is 16.5. The normalized spacial score (nSPS) is 26.1. The summed E-state index contributed by atoms with van der Waals surface area (Å²) in [5, 5.41) is 15.7. The molecular formula is C29H33NO6. The first-order chi connectivity index (χ1) is 17.5. The lowest BCUT2D eigenvalue weighted by molar-refractivity contribution is -0.0373. The van der Waals surface area contributed by atoms with Crippen LogP contribution in [0.4, 0.5) is 0 Å². The SMILES string of the molecule is COCCN[C@]12c3c(OC)cc(OC)cc3O[C@@]1(c1ccc(OC)cc1)[C@H](c1ccccc1)C[C@@H]2O. The zero-order valence-electron chi connectivity index (χ0n) is 21.1. The Hall–Kier alpha value is -3.26. The van der Waals surface area contributed by atoms with Crippen molar-refractivity contribution in [2.24, 2.45) is 0 Å². The van der Waals surface area contributed by atoms with Crippen molar-refractivity contribution in [1.29, 1.82) is 0 Å². The highest BCUT2D eigenvalue weighted by molar-refractivity contribution is 5.63. The molecule has 1 aliphatic heterocycles. The quantitative estimate of drug-likeness (QED) is 0.439. The number of methoxy groups -OCH3 is 4. The van der Waals surface area contributed by atoms with Gasteiger partial charge in [0.05, 0.1) is 39.6 Å². The Bertz CT molecular complexity index is 1200. The Balaban J connectivity index is 1.82. The number of hydrogen-bond donors (Lipinski definition) is 2. The van der Waals surface area contributed by atoms with Crippen molar-refractivity contribution in [2.45, 2.75) is 29.6 Å². The van der Waals surface area contributed by atoms with E-state index in [-0.39, 0.29) is 5.92 Å². The molecule has 3 aromatic rings. The van der Waals surface area contributed by atoms with Gasteiger partial charge >= 0.3 is 0 Å². The van der Waals surface area contributed by atoms with Crippen molar-refractivity contribution < 1.29 is 28.8 Å². The summed E-state index contributed by atoms with van der Waals surface area (Å²) >= 11 is 0. The molecule has 5 rings (SSSR count). The van der Waals surface area contributed by atoms with Crippen LogP contribution in [0.2, 0.25) is 0 Å². The van der Waals surface area contributed by atoms with Gasteiger partial charge in [-0.2, -0.15) is 0 Å². The van der Waals surface area contributed by atoms with Gasteiger partial charge in [-0.1, -0.05) is 42.5 Å². The van der Waals surface area contributed by atoms with Gasteiger partial charge in [-0.05, 0) is 29.7 Å². The van der Waals surface area contributed by atoms with E-state index in [0.29, 0.717) is 36.8 Å². The van der Waals surface area contributed by atoms with Crippen LogP contribution in [0.15, 0.2) is 66.7 Å². The van der Waals surface area contributed by atoms with Crippen LogP contribution in [0.5, 0.6) is 23.0 Å². The van der Waals surface area contributed by atoms with Gasteiger partial charge in [-0.15, -0.1) is 0 Å². The second-order valence-electron chi connectivity index (χ2n) is 9.21. The first-order valence-corrected chi connectivity index (χ1v) is 12.1. The number of hydrogen-bond acceptors (Lipinski definition) is 7. The van der Waals surface area contributed by atoms with Gasteiger partial charge in [-0.3, -0.25) is 5.32 Å². The van der Waals surface area contributed by atoms with Crippen molar-refractivity contribution >= 4 is 0 Å². The minimum Gasteiger partial charge on any atom is -0.497 e. The molecule has 0 bridgehead atoms. The summed E-state index contributed by atoms with van der Waals surface area (Å²) in [6.45, 7) is 0.974. The maximum Gasteiger partial charge on any atom is 0.166 e. The summed E-state index contributed by atoms with van der Waals surface area (Å²) in [5.74, 6) is 2.41. The van der Waals surface area contributed by atoms with Crippen LogP contribution in [0, 0.1) is 0 Å². The molecule has 190 valence electrons. The number of nitrogens with one attached hydrogen (secondary N) is 1. The zero-order chi connectivity index (χ0) is 25.3. The van der Waals surface area contributed by atoms with Gasteiger partial charge in [0.2, 0.25) is 0 Å². The number of aliphatic hydroxyl groups is 1. The van der Waals surface area contributed by atoms with Crippen LogP contribution >= 0.6 is 0 Å². The third kappa shape index (κ3) is 3.45. The average Bonchev–Trinajstić information content (AvgIpc) is 3.36. The standard InChI is InChI=1S/C29H33NO6/c1-32-15-14-30-28-26(31)18-23(19-8-6-5-7-9-19)29(28,20-10-12-21(33-2)13-11-20)36-25-17-22(34-3)16-24(35-4)27(25)28/h5-13,16-17,23,26,30-31H,14-15,18H2,1-4H3/t23-,26-,28+,29-/m0/s1. The largest absolute Gasteiger partial charge is 0.497 e. The molecule has 2 aliphatic rings. The van der Waals surface area contributed by atoms with Crippen LogP contribution in [-0.4, -0.2) is 52.8 Å². The molecule has 0 radical (unpaired) electrons. The van der Waals surface area contributed by atoms with Gasteiger partial charge in [0.15, 0.2) is 5.60 Å². The van der Waals surface area contributed by atoms with E-state index in [1.54, 1.807) is 28.4 Å². The topological polar surface area (TPSA) is 78.4 Å². The third-order valence-corrected chi connectivity index (χ3v) is 7.63. The maximum atomic E-state index is 12.0. The van der Waals surface area contributed by atoms with Crippen molar-refractivity contribution in [3.63, 3.8) is 0 Å². The molecule has 0 amide bonds. The maximum absolute atomic E-state index is 12.0. The first-order valence-electron chi connectivity index (χ1n) is 12.1. The Kier molecular flexibility index (Phi) is 6.55. The summed E-state index contributed by atoms with van der Waals surface area (Å²) < 4.78 is 29.4. The summed E-state index contributed by atoms with van der Waals surface area (Å²) in [7, 11) is 6.55. The molecule has 4 atom stereocenters. The Labute approximate surface area is 211 Å². The predicted octanol–water partition coefficient (Wildman–Crippen LogP) is 3.98. The van der Waals surface area contributed by atoms with Crippen molar-refractivity contribution in [3.8, 4) is 23.0 Å². The number of fused-ring (bicyclic) bond motifs is 3. The zero-order valence-corrected chi connectivity index (χ0v) is 21.1. The number of aliphatic hydroxyl groups excluding tert-OH is 1. The van der Waals surface area contributed by atoms with Gasteiger partial charge in [0, 0.05) is 31.7 Å².